The van der Waals surface area contributed by atoms with Crippen molar-refractivity contribution in [3.63, 3.8) is 0 Å². The Hall–Kier alpha value is -2.07. The molecule has 0 amide bonds. The van der Waals surface area contributed by atoms with Gasteiger partial charge in [0.25, 0.3) is 0 Å². The molecule has 0 spiro atoms. The van der Waals surface area contributed by atoms with Crippen molar-refractivity contribution >= 4 is 11.3 Å². The molecular formula is C18H17FN2S. The summed E-state index contributed by atoms with van der Waals surface area (Å²) in [6.45, 7) is 6.54. The van der Waals surface area contributed by atoms with Gasteiger partial charge in [0.15, 0.2) is 0 Å². The summed E-state index contributed by atoms with van der Waals surface area (Å²) in [5, 5.41) is 2.94. The van der Waals surface area contributed by atoms with Gasteiger partial charge in [-0.05, 0) is 41.3 Å². The molecule has 0 aliphatic rings. The zero-order valence-electron chi connectivity index (χ0n) is 12.8. The van der Waals surface area contributed by atoms with Crippen LogP contribution in [0.2, 0.25) is 0 Å². The zero-order chi connectivity index (χ0) is 15.7. The minimum absolute atomic E-state index is 0.0278. The number of aromatic nitrogens is 2. The summed E-state index contributed by atoms with van der Waals surface area (Å²) in [5.74, 6) is -0.235. The van der Waals surface area contributed by atoms with Crippen LogP contribution in [0.3, 0.4) is 0 Å². The summed E-state index contributed by atoms with van der Waals surface area (Å²) in [6.07, 6.45) is 3.69. The summed E-state index contributed by atoms with van der Waals surface area (Å²) in [5.41, 5.74) is 4.10. The van der Waals surface area contributed by atoms with Gasteiger partial charge in [0.2, 0.25) is 0 Å². The second-order valence-electron chi connectivity index (χ2n) is 6.22. The summed E-state index contributed by atoms with van der Waals surface area (Å²) in [6, 6.07) is 8.47. The molecule has 0 aliphatic heterocycles. The third kappa shape index (κ3) is 2.92. The number of hydrogen-bond donors (Lipinski definition) is 0. The molecule has 0 aliphatic carbocycles. The van der Waals surface area contributed by atoms with Gasteiger partial charge < -0.3 is 0 Å². The molecular weight excluding hydrogens is 295 g/mol. The van der Waals surface area contributed by atoms with Crippen molar-refractivity contribution in [1.29, 1.82) is 0 Å². The molecule has 0 N–H and O–H groups in total. The van der Waals surface area contributed by atoms with Gasteiger partial charge in [-0.3, -0.25) is 4.98 Å². The van der Waals surface area contributed by atoms with Crippen LogP contribution >= 0.6 is 11.3 Å². The van der Waals surface area contributed by atoms with Crippen LogP contribution in [0.1, 0.15) is 26.3 Å². The zero-order valence-corrected chi connectivity index (χ0v) is 13.6. The Morgan fingerprint density at radius 1 is 1.05 bits per heavy atom. The fraction of sp³-hybridized carbons (Fsp3) is 0.222. The lowest BCUT2D eigenvalue weighted by atomic mass is 9.85. The summed E-state index contributed by atoms with van der Waals surface area (Å²) < 4.78 is 13.0. The molecule has 0 bridgehead atoms. The second-order valence-corrected chi connectivity index (χ2v) is 7.07. The van der Waals surface area contributed by atoms with Crippen molar-refractivity contribution in [2.45, 2.75) is 26.2 Å². The van der Waals surface area contributed by atoms with E-state index in [1.165, 1.54) is 17.7 Å². The van der Waals surface area contributed by atoms with Crippen LogP contribution in [0.5, 0.6) is 0 Å². The van der Waals surface area contributed by atoms with E-state index in [0.717, 1.165) is 21.8 Å². The average molecular weight is 312 g/mol. The maximum absolute atomic E-state index is 13.0. The number of thiazole rings is 1. The van der Waals surface area contributed by atoms with Gasteiger partial charge in [-0.15, -0.1) is 11.3 Å². The average Bonchev–Trinajstić information content (AvgIpc) is 2.97. The Morgan fingerprint density at radius 3 is 2.45 bits per heavy atom. The van der Waals surface area contributed by atoms with Gasteiger partial charge in [0, 0.05) is 28.9 Å². The quantitative estimate of drug-likeness (QED) is 0.641. The molecule has 0 unspecified atom stereocenters. The molecule has 3 aromatic rings. The van der Waals surface area contributed by atoms with E-state index in [0.29, 0.717) is 0 Å². The number of pyridine rings is 1. The predicted octanol–water partition coefficient (Wildman–Crippen LogP) is 5.31. The highest BCUT2D eigenvalue weighted by Crippen LogP contribution is 2.35. The van der Waals surface area contributed by atoms with Crippen LogP contribution < -0.4 is 0 Å². The smallest absolute Gasteiger partial charge is 0.125 e. The summed E-state index contributed by atoms with van der Waals surface area (Å²) in [4.78, 5) is 8.96. The molecule has 0 saturated carbocycles. The molecule has 2 heterocycles. The number of hydrogen-bond acceptors (Lipinski definition) is 3. The lowest BCUT2D eigenvalue weighted by Gasteiger charge is -2.21. The van der Waals surface area contributed by atoms with E-state index in [4.69, 9.17) is 4.98 Å². The fourth-order valence-corrected chi connectivity index (χ4v) is 3.22. The summed E-state index contributed by atoms with van der Waals surface area (Å²) >= 11 is 1.59. The molecule has 1 aromatic carbocycles. The maximum atomic E-state index is 13.0. The third-order valence-electron chi connectivity index (χ3n) is 3.50. The van der Waals surface area contributed by atoms with E-state index in [-0.39, 0.29) is 11.2 Å². The molecule has 2 aromatic heterocycles. The first kappa shape index (κ1) is 14.9. The van der Waals surface area contributed by atoms with Gasteiger partial charge in [0.1, 0.15) is 10.8 Å². The molecule has 22 heavy (non-hydrogen) atoms. The molecule has 3 rings (SSSR count). The van der Waals surface area contributed by atoms with Crippen LogP contribution in [-0.2, 0) is 5.41 Å². The molecule has 0 atom stereocenters. The number of nitrogens with zero attached hydrogens (tertiary/aromatic N) is 2. The lowest BCUT2D eigenvalue weighted by molar-refractivity contribution is 0.591. The van der Waals surface area contributed by atoms with Crippen molar-refractivity contribution in [2.75, 3.05) is 0 Å². The highest BCUT2D eigenvalue weighted by molar-refractivity contribution is 7.13. The van der Waals surface area contributed by atoms with E-state index >= 15 is 0 Å². The van der Waals surface area contributed by atoms with Gasteiger partial charge in [-0.2, -0.15) is 0 Å². The SMILES string of the molecule is CC(C)(C)c1ccncc1-c1nc(-c2ccc(F)cc2)cs1. The molecule has 4 heteroatoms. The molecule has 0 radical (unpaired) electrons. The minimum Gasteiger partial charge on any atom is -0.264 e. The standard InChI is InChI=1S/C18H17FN2S/c1-18(2,3)15-8-9-20-10-14(15)17-21-16(11-22-17)12-4-6-13(19)7-5-12/h4-11H,1-3H3. The maximum Gasteiger partial charge on any atom is 0.125 e. The normalized spacial score (nSPS) is 11.6. The lowest BCUT2D eigenvalue weighted by Crippen LogP contribution is -2.12. The Balaban J connectivity index is 2.03. The Labute approximate surface area is 133 Å². The first-order chi connectivity index (χ1) is 10.4. The third-order valence-corrected chi connectivity index (χ3v) is 4.38. The molecule has 0 saturated heterocycles. The second kappa shape index (κ2) is 5.61. The van der Waals surface area contributed by atoms with Gasteiger partial charge in [-0.1, -0.05) is 20.8 Å². The largest absolute Gasteiger partial charge is 0.264 e. The van der Waals surface area contributed by atoms with E-state index in [1.54, 1.807) is 23.5 Å². The van der Waals surface area contributed by atoms with Crippen molar-refractivity contribution in [1.82, 2.24) is 9.97 Å². The van der Waals surface area contributed by atoms with E-state index in [9.17, 15) is 4.39 Å². The van der Waals surface area contributed by atoms with Crippen LogP contribution in [0.4, 0.5) is 4.39 Å². The van der Waals surface area contributed by atoms with Gasteiger partial charge in [-0.25, -0.2) is 9.37 Å². The fourth-order valence-electron chi connectivity index (χ4n) is 2.37. The first-order valence-electron chi connectivity index (χ1n) is 7.11. The van der Waals surface area contributed by atoms with Crippen LogP contribution in [0.15, 0.2) is 48.1 Å². The summed E-state index contributed by atoms with van der Waals surface area (Å²) in [7, 11) is 0. The molecule has 112 valence electrons. The van der Waals surface area contributed by atoms with Crippen LogP contribution in [0.25, 0.3) is 21.8 Å². The highest BCUT2D eigenvalue weighted by Gasteiger charge is 2.20. The molecule has 0 fully saturated rings. The minimum atomic E-state index is -0.235. The van der Waals surface area contributed by atoms with Gasteiger partial charge >= 0.3 is 0 Å². The first-order valence-corrected chi connectivity index (χ1v) is 7.99. The Bertz CT molecular complexity index is 785. The van der Waals surface area contributed by atoms with Crippen molar-refractivity contribution in [3.8, 4) is 21.8 Å². The topological polar surface area (TPSA) is 25.8 Å². The van der Waals surface area contributed by atoms with E-state index in [1.807, 2.05) is 23.8 Å². The van der Waals surface area contributed by atoms with E-state index in [2.05, 4.69) is 25.8 Å². The van der Waals surface area contributed by atoms with Crippen molar-refractivity contribution < 1.29 is 4.39 Å². The van der Waals surface area contributed by atoms with Crippen LogP contribution in [-0.4, -0.2) is 9.97 Å². The monoisotopic (exact) mass is 312 g/mol. The Morgan fingerprint density at radius 2 is 1.77 bits per heavy atom. The Kier molecular flexibility index (Phi) is 3.79. The molecule has 2 nitrogen and oxygen atoms in total. The predicted molar refractivity (Wildman–Crippen MR) is 89.4 cm³/mol. The van der Waals surface area contributed by atoms with Crippen molar-refractivity contribution in [3.05, 3.63) is 59.5 Å². The van der Waals surface area contributed by atoms with Crippen molar-refractivity contribution in [2.24, 2.45) is 0 Å². The number of rotatable bonds is 2. The number of halogens is 1. The highest BCUT2D eigenvalue weighted by atomic mass is 32.1. The van der Waals surface area contributed by atoms with Crippen LogP contribution in [0, 0.1) is 5.82 Å². The van der Waals surface area contributed by atoms with E-state index < -0.39 is 0 Å². The van der Waals surface area contributed by atoms with Gasteiger partial charge in [0.05, 0.1) is 5.69 Å². The number of benzene rings is 1.